The van der Waals surface area contributed by atoms with Gasteiger partial charge in [-0.15, -0.1) is 0 Å². The second-order valence-electron chi connectivity index (χ2n) is 6.08. The molecule has 1 heterocycles. The van der Waals surface area contributed by atoms with Gasteiger partial charge in [0.25, 0.3) is 0 Å². The summed E-state index contributed by atoms with van der Waals surface area (Å²) in [4.78, 5) is 3.33. The minimum absolute atomic E-state index is 0.470. The van der Waals surface area contributed by atoms with E-state index in [1.807, 2.05) is 12.3 Å². The number of aryl methyl sites for hydroxylation is 3. The summed E-state index contributed by atoms with van der Waals surface area (Å²) < 4.78 is 0. The number of aromatic amines is 1. The molecule has 3 N–H and O–H groups in total. The van der Waals surface area contributed by atoms with Gasteiger partial charge in [-0.2, -0.15) is 5.10 Å². The number of aromatic nitrogens is 1. The molecule has 3 aromatic rings. The molecule has 5 heteroatoms. The molecule has 3 rings (SSSR count). The minimum atomic E-state index is 0.470. The molecule has 0 aliphatic heterocycles. The van der Waals surface area contributed by atoms with E-state index in [4.69, 9.17) is 12.2 Å². The maximum atomic E-state index is 5.31. The molecule has 0 fully saturated rings. The summed E-state index contributed by atoms with van der Waals surface area (Å²) in [5.74, 6) is 0. The van der Waals surface area contributed by atoms with E-state index in [0.29, 0.717) is 5.11 Å². The van der Waals surface area contributed by atoms with Gasteiger partial charge in [0.2, 0.25) is 0 Å². The quantitative estimate of drug-likeness (QED) is 0.364. The number of para-hydroxylation sites is 1. The highest BCUT2D eigenvalue weighted by Crippen LogP contribution is 2.21. The highest BCUT2D eigenvalue weighted by molar-refractivity contribution is 7.80. The van der Waals surface area contributed by atoms with Crippen LogP contribution in [0.25, 0.3) is 10.9 Å². The fraction of sp³-hybridized carbons (Fsp3) is 0.200. The van der Waals surface area contributed by atoms with Crippen LogP contribution < -0.4 is 10.7 Å². The van der Waals surface area contributed by atoms with Crippen molar-refractivity contribution in [3.05, 3.63) is 64.8 Å². The average Bonchev–Trinajstić information content (AvgIpc) is 3.01. The molecular weight excluding hydrogens is 328 g/mol. The lowest BCUT2D eigenvalue weighted by molar-refractivity contribution is 1.05. The Kier molecular flexibility index (Phi) is 5.14. The van der Waals surface area contributed by atoms with E-state index < -0.39 is 0 Å². The number of fused-ring (bicyclic) bond motifs is 1. The van der Waals surface area contributed by atoms with E-state index in [2.05, 4.69) is 71.9 Å². The molecule has 0 bridgehead atoms. The summed E-state index contributed by atoms with van der Waals surface area (Å²) in [6.45, 7) is 6.28. The molecule has 0 amide bonds. The van der Waals surface area contributed by atoms with Crippen molar-refractivity contribution in [1.82, 2.24) is 10.4 Å². The van der Waals surface area contributed by atoms with Crippen LogP contribution in [0.15, 0.2) is 47.7 Å². The van der Waals surface area contributed by atoms with Gasteiger partial charge in [-0.05, 0) is 49.7 Å². The third-order valence-corrected chi connectivity index (χ3v) is 4.41. The van der Waals surface area contributed by atoms with Crippen molar-refractivity contribution >= 4 is 40.1 Å². The van der Waals surface area contributed by atoms with E-state index in [-0.39, 0.29) is 0 Å². The van der Waals surface area contributed by atoms with Gasteiger partial charge in [-0.25, -0.2) is 0 Å². The first-order chi connectivity index (χ1) is 12.1. The number of hydrazone groups is 1. The van der Waals surface area contributed by atoms with Crippen LogP contribution in [-0.2, 0) is 6.42 Å². The van der Waals surface area contributed by atoms with Crippen LogP contribution >= 0.6 is 12.2 Å². The molecule has 128 valence electrons. The average molecular weight is 350 g/mol. The molecule has 1 aromatic heterocycles. The van der Waals surface area contributed by atoms with Crippen molar-refractivity contribution in [3.8, 4) is 0 Å². The van der Waals surface area contributed by atoms with Gasteiger partial charge in [-0.3, -0.25) is 5.43 Å². The molecular formula is C20H22N4S. The number of rotatable bonds is 4. The number of anilines is 1. The lowest BCUT2D eigenvalue weighted by Gasteiger charge is -2.10. The normalized spacial score (nSPS) is 11.2. The van der Waals surface area contributed by atoms with Gasteiger partial charge >= 0.3 is 0 Å². The smallest absolute Gasteiger partial charge is 0.191 e. The fourth-order valence-electron chi connectivity index (χ4n) is 2.90. The van der Waals surface area contributed by atoms with E-state index >= 15 is 0 Å². The van der Waals surface area contributed by atoms with Gasteiger partial charge in [-0.1, -0.05) is 42.8 Å². The monoisotopic (exact) mass is 350 g/mol. The summed E-state index contributed by atoms with van der Waals surface area (Å²) in [7, 11) is 0. The van der Waals surface area contributed by atoms with Crippen molar-refractivity contribution in [2.45, 2.75) is 27.2 Å². The first-order valence-electron chi connectivity index (χ1n) is 8.34. The van der Waals surface area contributed by atoms with Crippen molar-refractivity contribution in [2.24, 2.45) is 5.10 Å². The Bertz CT molecular complexity index is 940. The summed E-state index contributed by atoms with van der Waals surface area (Å²) >= 11 is 5.31. The van der Waals surface area contributed by atoms with Crippen molar-refractivity contribution in [2.75, 3.05) is 5.32 Å². The van der Waals surface area contributed by atoms with Crippen LogP contribution in [0.5, 0.6) is 0 Å². The van der Waals surface area contributed by atoms with Crippen LogP contribution in [0.2, 0.25) is 0 Å². The van der Waals surface area contributed by atoms with Crippen LogP contribution in [0, 0.1) is 13.8 Å². The lowest BCUT2D eigenvalue weighted by Crippen LogP contribution is -2.24. The Labute approximate surface area is 153 Å². The summed E-state index contributed by atoms with van der Waals surface area (Å²) in [6, 6.07) is 12.5. The molecule has 0 unspecified atom stereocenters. The van der Waals surface area contributed by atoms with Gasteiger partial charge in [0.15, 0.2) is 5.11 Å². The zero-order chi connectivity index (χ0) is 17.8. The zero-order valence-corrected chi connectivity index (χ0v) is 15.5. The van der Waals surface area contributed by atoms with Gasteiger partial charge in [0.1, 0.15) is 0 Å². The largest absolute Gasteiger partial charge is 0.360 e. The Morgan fingerprint density at radius 3 is 2.84 bits per heavy atom. The first kappa shape index (κ1) is 17.2. The SMILES string of the molecule is CCc1cccc2c(C=NNC(=S)Nc3ccc(C)cc3C)c[nH]c12. The topological polar surface area (TPSA) is 52.2 Å². The lowest BCUT2D eigenvalue weighted by atomic mass is 10.1. The number of nitrogens with zero attached hydrogens (tertiary/aromatic N) is 1. The first-order valence-corrected chi connectivity index (χ1v) is 8.75. The summed E-state index contributed by atoms with van der Waals surface area (Å²) in [5.41, 5.74) is 9.75. The number of hydrogen-bond acceptors (Lipinski definition) is 2. The molecule has 4 nitrogen and oxygen atoms in total. The van der Waals surface area contributed by atoms with Gasteiger partial charge < -0.3 is 10.3 Å². The predicted molar refractivity (Wildman–Crippen MR) is 111 cm³/mol. The van der Waals surface area contributed by atoms with Crippen LogP contribution in [0.3, 0.4) is 0 Å². The maximum Gasteiger partial charge on any atom is 0.191 e. The highest BCUT2D eigenvalue weighted by Gasteiger charge is 2.05. The third-order valence-electron chi connectivity index (χ3n) is 4.21. The Balaban J connectivity index is 1.68. The van der Waals surface area contributed by atoms with Crippen molar-refractivity contribution in [3.63, 3.8) is 0 Å². The van der Waals surface area contributed by atoms with Crippen LogP contribution in [0.4, 0.5) is 5.69 Å². The summed E-state index contributed by atoms with van der Waals surface area (Å²) in [5, 5.41) is 9.07. The molecule has 2 aromatic carbocycles. The Hall–Kier alpha value is -2.66. The molecule has 0 saturated carbocycles. The van der Waals surface area contributed by atoms with Crippen LogP contribution in [-0.4, -0.2) is 16.3 Å². The summed E-state index contributed by atoms with van der Waals surface area (Å²) in [6.07, 6.45) is 4.75. The standard InChI is InChI=1S/C20H22N4S/c1-4-15-6-5-7-17-16(11-21-19(15)17)12-22-24-20(25)23-18-9-8-13(2)10-14(18)3/h5-12,21H,4H2,1-3H3,(H2,23,24,25). The molecule has 0 saturated heterocycles. The molecule has 0 spiro atoms. The van der Waals surface area contributed by atoms with E-state index in [0.717, 1.165) is 28.6 Å². The third kappa shape index (κ3) is 3.88. The van der Waals surface area contributed by atoms with E-state index in [1.165, 1.54) is 16.6 Å². The van der Waals surface area contributed by atoms with E-state index in [9.17, 15) is 0 Å². The second-order valence-corrected chi connectivity index (χ2v) is 6.49. The van der Waals surface area contributed by atoms with Crippen molar-refractivity contribution < 1.29 is 0 Å². The van der Waals surface area contributed by atoms with Crippen LogP contribution in [0.1, 0.15) is 29.2 Å². The number of thiocarbonyl (C=S) groups is 1. The Morgan fingerprint density at radius 2 is 2.08 bits per heavy atom. The predicted octanol–water partition coefficient (Wildman–Crippen LogP) is 4.67. The van der Waals surface area contributed by atoms with Gasteiger partial charge in [0, 0.05) is 28.4 Å². The highest BCUT2D eigenvalue weighted by atomic mass is 32.1. The second kappa shape index (κ2) is 7.49. The zero-order valence-electron chi connectivity index (χ0n) is 14.7. The number of hydrogen-bond donors (Lipinski definition) is 3. The molecule has 0 radical (unpaired) electrons. The van der Waals surface area contributed by atoms with E-state index in [1.54, 1.807) is 6.21 Å². The molecule has 0 aliphatic rings. The molecule has 0 aliphatic carbocycles. The maximum absolute atomic E-state index is 5.31. The van der Waals surface area contributed by atoms with Gasteiger partial charge in [0.05, 0.1) is 6.21 Å². The number of benzene rings is 2. The number of H-pyrrole nitrogens is 1. The Morgan fingerprint density at radius 1 is 1.24 bits per heavy atom. The minimum Gasteiger partial charge on any atom is -0.360 e. The van der Waals surface area contributed by atoms with Crippen molar-refractivity contribution in [1.29, 1.82) is 0 Å². The molecule has 25 heavy (non-hydrogen) atoms. The number of nitrogens with one attached hydrogen (secondary N) is 3. The molecule has 0 atom stereocenters. The fourth-order valence-corrected chi connectivity index (χ4v) is 3.07.